The third-order valence-electron chi connectivity index (χ3n) is 2.99. The predicted octanol–water partition coefficient (Wildman–Crippen LogP) is 1.55. The summed E-state index contributed by atoms with van der Waals surface area (Å²) in [6, 6.07) is 0. The van der Waals surface area contributed by atoms with Crippen molar-refractivity contribution in [1.29, 1.82) is 0 Å². The van der Waals surface area contributed by atoms with Crippen LogP contribution in [0.5, 0.6) is 0 Å². The molecule has 0 aliphatic heterocycles. The van der Waals surface area contributed by atoms with Crippen LogP contribution in [-0.2, 0) is 0 Å². The highest BCUT2D eigenvalue weighted by Gasteiger charge is 2.34. The highest BCUT2D eigenvalue weighted by molar-refractivity contribution is 4.85. The topological polar surface area (TPSA) is 40.5 Å². The van der Waals surface area contributed by atoms with E-state index in [4.69, 9.17) is 0 Å². The van der Waals surface area contributed by atoms with Gasteiger partial charge in [0.2, 0.25) is 0 Å². The molecule has 2 nitrogen and oxygen atoms in total. The van der Waals surface area contributed by atoms with Gasteiger partial charge in [-0.3, -0.25) is 0 Å². The zero-order valence-electron chi connectivity index (χ0n) is 8.03. The fourth-order valence-corrected chi connectivity index (χ4v) is 2.32. The van der Waals surface area contributed by atoms with E-state index < -0.39 is 0 Å². The zero-order chi connectivity index (χ0) is 9.14. The maximum atomic E-state index is 9.60. The van der Waals surface area contributed by atoms with Crippen LogP contribution in [0.15, 0.2) is 0 Å². The van der Waals surface area contributed by atoms with Gasteiger partial charge in [0.25, 0.3) is 0 Å². The number of hydrogen-bond acceptors (Lipinski definition) is 2. The number of hydrogen-bond donors (Lipinski definition) is 2. The van der Waals surface area contributed by atoms with E-state index in [-0.39, 0.29) is 18.1 Å². The van der Waals surface area contributed by atoms with Crippen LogP contribution < -0.4 is 0 Å². The van der Waals surface area contributed by atoms with Crippen molar-refractivity contribution in [3.05, 3.63) is 0 Å². The maximum Gasteiger partial charge on any atom is 0.0595 e. The molecule has 0 radical (unpaired) electrons. The number of rotatable bonds is 3. The molecule has 0 saturated heterocycles. The molecule has 1 rings (SSSR count). The molecule has 2 N–H and O–H groups in total. The fourth-order valence-electron chi connectivity index (χ4n) is 2.32. The molecule has 1 aliphatic carbocycles. The molecule has 1 saturated carbocycles. The fraction of sp³-hybridized carbons (Fsp3) is 1.00. The Morgan fingerprint density at radius 3 is 2.50 bits per heavy atom. The van der Waals surface area contributed by atoms with Crippen LogP contribution in [-0.4, -0.2) is 22.4 Å². The van der Waals surface area contributed by atoms with Crippen molar-refractivity contribution in [2.75, 3.05) is 0 Å². The Morgan fingerprint density at radius 2 is 2.08 bits per heavy atom. The minimum Gasteiger partial charge on any atom is -0.393 e. The normalized spacial score (nSPS) is 38.5. The molecular formula is C10H20O2. The summed E-state index contributed by atoms with van der Waals surface area (Å²) in [7, 11) is 0. The van der Waals surface area contributed by atoms with Gasteiger partial charge >= 0.3 is 0 Å². The molecule has 0 heterocycles. The van der Waals surface area contributed by atoms with E-state index in [0.29, 0.717) is 5.92 Å². The highest BCUT2D eigenvalue weighted by Crippen LogP contribution is 2.35. The Hall–Kier alpha value is -0.0800. The van der Waals surface area contributed by atoms with E-state index >= 15 is 0 Å². The largest absolute Gasteiger partial charge is 0.393 e. The highest BCUT2D eigenvalue weighted by atomic mass is 16.3. The van der Waals surface area contributed by atoms with Crippen molar-refractivity contribution in [3.8, 4) is 0 Å². The molecule has 0 aromatic carbocycles. The van der Waals surface area contributed by atoms with Crippen molar-refractivity contribution in [3.63, 3.8) is 0 Å². The van der Waals surface area contributed by atoms with Gasteiger partial charge in [0, 0.05) is 5.92 Å². The van der Waals surface area contributed by atoms with Crippen molar-refractivity contribution in [1.82, 2.24) is 0 Å². The van der Waals surface area contributed by atoms with Gasteiger partial charge in [-0.1, -0.05) is 19.8 Å². The average molecular weight is 172 g/mol. The molecule has 12 heavy (non-hydrogen) atoms. The average Bonchev–Trinajstić information content (AvgIpc) is 2.32. The first kappa shape index (κ1) is 10.0. The van der Waals surface area contributed by atoms with Crippen molar-refractivity contribution < 1.29 is 10.2 Å². The van der Waals surface area contributed by atoms with E-state index in [2.05, 4.69) is 6.92 Å². The smallest absolute Gasteiger partial charge is 0.0595 e. The third kappa shape index (κ3) is 2.20. The predicted molar refractivity (Wildman–Crippen MR) is 48.8 cm³/mol. The van der Waals surface area contributed by atoms with Gasteiger partial charge in [-0.2, -0.15) is 0 Å². The van der Waals surface area contributed by atoms with E-state index in [9.17, 15) is 10.2 Å². The first-order chi connectivity index (χ1) is 5.65. The third-order valence-corrected chi connectivity index (χ3v) is 2.99. The van der Waals surface area contributed by atoms with Gasteiger partial charge in [-0.05, 0) is 25.7 Å². The standard InChI is InChI=1S/C10H20O2/c1-3-4-8-5-9(7(2)11)10(12)6-8/h7-12H,3-6H2,1-2H3. The summed E-state index contributed by atoms with van der Waals surface area (Å²) in [6.07, 6.45) is 3.67. The molecule has 0 aromatic heterocycles. The Morgan fingerprint density at radius 1 is 1.42 bits per heavy atom. The first-order valence-corrected chi connectivity index (χ1v) is 5.01. The van der Waals surface area contributed by atoms with E-state index in [0.717, 1.165) is 12.8 Å². The van der Waals surface area contributed by atoms with Gasteiger partial charge in [0.1, 0.15) is 0 Å². The van der Waals surface area contributed by atoms with Crippen LogP contribution in [0.4, 0.5) is 0 Å². The molecule has 0 aromatic rings. The Labute approximate surface area is 74.6 Å². The molecule has 0 spiro atoms. The second-order valence-electron chi connectivity index (χ2n) is 4.10. The zero-order valence-corrected chi connectivity index (χ0v) is 8.03. The van der Waals surface area contributed by atoms with E-state index in [1.165, 1.54) is 12.8 Å². The molecule has 1 fully saturated rings. The number of aliphatic hydroxyl groups is 2. The summed E-state index contributed by atoms with van der Waals surface area (Å²) < 4.78 is 0. The number of aliphatic hydroxyl groups excluding tert-OH is 2. The van der Waals surface area contributed by atoms with Gasteiger partial charge < -0.3 is 10.2 Å². The minimum absolute atomic E-state index is 0.126. The van der Waals surface area contributed by atoms with Gasteiger partial charge in [0.05, 0.1) is 12.2 Å². The van der Waals surface area contributed by atoms with Crippen LogP contribution >= 0.6 is 0 Å². The Bertz CT molecular complexity index is 134. The summed E-state index contributed by atoms with van der Waals surface area (Å²) in [5, 5.41) is 18.9. The monoisotopic (exact) mass is 172 g/mol. The molecule has 4 unspecified atom stereocenters. The first-order valence-electron chi connectivity index (χ1n) is 5.01. The van der Waals surface area contributed by atoms with E-state index in [1.807, 2.05) is 0 Å². The Kier molecular flexibility index (Phi) is 3.53. The van der Waals surface area contributed by atoms with Crippen LogP contribution in [0.1, 0.15) is 39.5 Å². The maximum absolute atomic E-state index is 9.60. The second kappa shape index (κ2) is 4.24. The van der Waals surface area contributed by atoms with Gasteiger partial charge in [-0.15, -0.1) is 0 Å². The molecule has 2 heteroatoms. The quantitative estimate of drug-likeness (QED) is 0.678. The Balaban J connectivity index is 2.39. The summed E-state index contributed by atoms with van der Waals surface area (Å²) in [5.41, 5.74) is 0. The van der Waals surface area contributed by atoms with Crippen LogP contribution in [0.2, 0.25) is 0 Å². The van der Waals surface area contributed by atoms with Crippen molar-refractivity contribution in [2.24, 2.45) is 11.8 Å². The lowest BCUT2D eigenvalue weighted by Gasteiger charge is -2.16. The van der Waals surface area contributed by atoms with Gasteiger partial charge in [-0.25, -0.2) is 0 Å². The minimum atomic E-state index is -0.346. The lowest BCUT2D eigenvalue weighted by atomic mass is 9.97. The molecular weight excluding hydrogens is 152 g/mol. The molecule has 72 valence electrons. The summed E-state index contributed by atoms with van der Waals surface area (Å²) in [6.45, 7) is 3.95. The van der Waals surface area contributed by atoms with Crippen molar-refractivity contribution >= 4 is 0 Å². The molecule has 0 amide bonds. The molecule has 0 bridgehead atoms. The second-order valence-corrected chi connectivity index (χ2v) is 4.10. The molecule has 1 aliphatic rings. The SMILES string of the molecule is CCCC1CC(O)C(C(C)O)C1. The van der Waals surface area contributed by atoms with E-state index in [1.54, 1.807) is 6.92 Å². The van der Waals surface area contributed by atoms with Crippen molar-refractivity contribution in [2.45, 2.75) is 51.7 Å². The molecule has 4 atom stereocenters. The lowest BCUT2D eigenvalue weighted by molar-refractivity contribution is 0.0420. The van der Waals surface area contributed by atoms with Gasteiger partial charge in [0.15, 0.2) is 0 Å². The summed E-state index contributed by atoms with van der Waals surface area (Å²) in [4.78, 5) is 0. The summed E-state index contributed by atoms with van der Waals surface area (Å²) in [5.74, 6) is 0.770. The van der Waals surface area contributed by atoms with Crippen LogP contribution in [0.3, 0.4) is 0 Å². The van der Waals surface area contributed by atoms with Crippen LogP contribution in [0.25, 0.3) is 0 Å². The summed E-state index contributed by atoms with van der Waals surface area (Å²) >= 11 is 0. The van der Waals surface area contributed by atoms with Crippen LogP contribution in [0, 0.1) is 11.8 Å². The lowest BCUT2D eigenvalue weighted by Crippen LogP contribution is -2.24.